The fourth-order valence-corrected chi connectivity index (χ4v) is 3.57. The fourth-order valence-electron chi connectivity index (χ4n) is 2.77. The number of para-hydroxylation sites is 1. The maximum Gasteiger partial charge on any atom is 0.208 e. The molecule has 1 aromatic heterocycles. The van der Waals surface area contributed by atoms with Crippen LogP contribution in [0.1, 0.15) is 12.0 Å². The van der Waals surface area contributed by atoms with Crippen LogP contribution in [0.5, 0.6) is 0 Å². The van der Waals surface area contributed by atoms with Gasteiger partial charge in [0.1, 0.15) is 5.58 Å². The SMILES string of the molecule is CS(=O)(=O)NC1CCN(Cc2coc3ccccc23)C1. The van der Waals surface area contributed by atoms with E-state index in [-0.39, 0.29) is 6.04 Å². The molecule has 0 amide bonds. The second-order valence-corrected chi connectivity index (χ2v) is 7.15. The summed E-state index contributed by atoms with van der Waals surface area (Å²) in [5, 5.41) is 1.13. The maximum atomic E-state index is 11.2. The molecule has 0 aliphatic carbocycles. The molecule has 0 spiro atoms. The van der Waals surface area contributed by atoms with Crippen LogP contribution in [0.15, 0.2) is 34.9 Å². The Labute approximate surface area is 118 Å². The summed E-state index contributed by atoms with van der Waals surface area (Å²) >= 11 is 0. The van der Waals surface area contributed by atoms with Gasteiger partial charge < -0.3 is 4.42 Å². The van der Waals surface area contributed by atoms with Crippen molar-refractivity contribution >= 4 is 21.0 Å². The van der Waals surface area contributed by atoms with Crippen LogP contribution in [-0.2, 0) is 16.6 Å². The maximum absolute atomic E-state index is 11.2. The molecule has 1 aromatic carbocycles. The van der Waals surface area contributed by atoms with E-state index in [1.54, 1.807) is 6.26 Å². The number of fused-ring (bicyclic) bond motifs is 1. The molecule has 1 fully saturated rings. The Hall–Kier alpha value is -1.37. The highest BCUT2D eigenvalue weighted by atomic mass is 32.2. The van der Waals surface area contributed by atoms with Crippen LogP contribution in [0, 0.1) is 0 Å². The van der Waals surface area contributed by atoms with Crippen LogP contribution < -0.4 is 4.72 Å². The molecule has 3 rings (SSSR count). The van der Waals surface area contributed by atoms with Crippen LogP contribution in [0.2, 0.25) is 0 Å². The molecular weight excluding hydrogens is 276 g/mol. The van der Waals surface area contributed by atoms with Gasteiger partial charge in [-0.25, -0.2) is 13.1 Å². The first-order chi connectivity index (χ1) is 9.51. The molecule has 1 saturated heterocycles. The molecule has 0 radical (unpaired) electrons. The Morgan fingerprint density at radius 3 is 3.00 bits per heavy atom. The highest BCUT2D eigenvalue weighted by Gasteiger charge is 2.25. The summed E-state index contributed by atoms with van der Waals surface area (Å²) in [6, 6.07) is 7.98. The lowest BCUT2D eigenvalue weighted by molar-refractivity contribution is 0.324. The molecule has 2 heterocycles. The van der Waals surface area contributed by atoms with Gasteiger partial charge in [-0.15, -0.1) is 0 Å². The van der Waals surface area contributed by atoms with Crippen LogP contribution in [0.4, 0.5) is 0 Å². The summed E-state index contributed by atoms with van der Waals surface area (Å²) in [4.78, 5) is 2.25. The van der Waals surface area contributed by atoms with Crippen molar-refractivity contribution in [1.82, 2.24) is 9.62 Å². The topological polar surface area (TPSA) is 62.6 Å². The number of sulfonamides is 1. The van der Waals surface area contributed by atoms with Crippen LogP contribution >= 0.6 is 0 Å². The zero-order chi connectivity index (χ0) is 14.2. The van der Waals surface area contributed by atoms with Crippen molar-refractivity contribution in [2.75, 3.05) is 19.3 Å². The first kappa shape index (κ1) is 13.6. The zero-order valence-electron chi connectivity index (χ0n) is 11.4. The minimum Gasteiger partial charge on any atom is -0.464 e. The van der Waals surface area contributed by atoms with Gasteiger partial charge in [0.05, 0.1) is 12.5 Å². The van der Waals surface area contributed by atoms with Gasteiger partial charge in [-0.05, 0) is 12.5 Å². The van der Waals surface area contributed by atoms with Gasteiger partial charge in [0.2, 0.25) is 10.0 Å². The lowest BCUT2D eigenvalue weighted by atomic mass is 10.2. The second-order valence-electron chi connectivity index (χ2n) is 5.37. The minimum atomic E-state index is -3.12. The van der Waals surface area contributed by atoms with E-state index < -0.39 is 10.0 Å². The summed E-state index contributed by atoms with van der Waals surface area (Å²) in [6.07, 6.45) is 3.85. The minimum absolute atomic E-state index is 0.0168. The number of likely N-dealkylation sites (tertiary alicyclic amines) is 1. The monoisotopic (exact) mass is 294 g/mol. The zero-order valence-corrected chi connectivity index (χ0v) is 12.2. The molecule has 6 heteroatoms. The van der Waals surface area contributed by atoms with E-state index in [9.17, 15) is 8.42 Å². The van der Waals surface area contributed by atoms with Crippen molar-refractivity contribution in [2.24, 2.45) is 0 Å². The summed E-state index contributed by atoms with van der Waals surface area (Å²) < 4.78 is 30.7. The molecule has 1 N–H and O–H groups in total. The van der Waals surface area contributed by atoms with E-state index in [1.165, 1.54) is 6.26 Å². The number of rotatable bonds is 4. The lowest BCUT2D eigenvalue weighted by Crippen LogP contribution is -2.36. The molecule has 1 aliphatic heterocycles. The van der Waals surface area contributed by atoms with Crippen molar-refractivity contribution in [3.63, 3.8) is 0 Å². The largest absolute Gasteiger partial charge is 0.464 e. The molecule has 1 unspecified atom stereocenters. The van der Waals surface area contributed by atoms with E-state index in [1.807, 2.05) is 18.2 Å². The van der Waals surface area contributed by atoms with Crippen LogP contribution in [0.25, 0.3) is 11.0 Å². The summed E-state index contributed by atoms with van der Waals surface area (Å²) in [6.45, 7) is 2.43. The van der Waals surface area contributed by atoms with Gasteiger partial charge >= 0.3 is 0 Å². The van der Waals surface area contributed by atoms with Gasteiger partial charge in [0.25, 0.3) is 0 Å². The normalized spacial score (nSPS) is 20.8. The average molecular weight is 294 g/mol. The summed E-state index contributed by atoms with van der Waals surface area (Å²) in [5.41, 5.74) is 2.05. The number of hydrogen-bond acceptors (Lipinski definition) is 4. The molecule has 108 valence electrons. The van der Waals surface area contributed by atoms with E-state index >= 15 is 0 Å². The third-order valence-electron chi connectivity index (χ3n) is 3.61. The van der Waals surface area contributed by atoms with Gasteiger partial charge in [-0.2, -0.15) is 0 Å². The van der Waals surface area contributed by atoms with Crippen molar-refractivity contribution in [3.8, 4) is 0 Å². The van der Waals surface area contributed by atoms with Crippen molar-refractivity contribution < 1.29 is 12.8 Å². The third kappa shape index (κ3) is 3.03. The first-order valence-corrected chi connectivity index (χ1v) is 8.55. The van der Waals surface area contributed by atoms with E-state index in [2.05, 4.69) is 15.7 Å². The quantitative estimate of drug-likeness (QED) is 0.929. The number of benzene rings is 1. The van der Waals surface area contributed by atoms with Crippen molar-refractivity contribution in [3.05, 3.63) is 36.1 Å². The molecular formula is C14H18N2O3S. The number of hydrogen-bond donors (Lipinski definition) is 1. The molecule has 20 heavy (non-hydrogen) atoms. The molecule has 0 bridgehead atoms. The van der Waals surface area contributed by atoms with Crippen molar-refractivity contribution in [1.29, 1.82) is 0 Å². The fraction of sp³-hybridized carbons (Fsp3) is 0.429. The summed E-state index contributed by atoms with van der Waals surface area (Å²) in [7, 11) is -3.12. The summed E-state index contributed by atoms with van der Waals surface area (Å²) in [5.74, 6) is 0. The predicted molar refractivity (Wildman–Crippen MR) is 77.9 cm³/mol. The van der Waals surface area contributed by atoms with Gasteiger partial charge in [0, 0.05) is 36.6 Å². The Bertz CT molecular complexity index is 708. The van der Waals surface area contributed by atoms with Gasteiger partial charge in [-0.3, -0.25) is 4.90 Å². The Morgan fingerprint density at radius 2 is 2.20 bits per heavy atom. The Morgan fingerprint density at radius 1 is 1.40 bits per heavy atom. The molecule has 2 aromatic rings. The standard InChI is InChI=1S/C14H18N2O3S/c1-20(17,18)15-12-6-7-16(9-12)8-11-10-19-14-5-3-2-4-13(11)14/h2-5,10,12,15H,6-9H2,1H3. The molecule has 1 aliphatic rings. The smallest absolute Gasteiger partial charge is 0.208 e. The predicted octanol–water partition coefficient (Wildman–Crippen LogP) is 1.56. The molecule has 1 atom stereocenters. The van der Waals surface area contributed by atoms with Crippen molar-refractivity contribution in [2.45, 2.75) is 19.0 Å². The number of nitrogens with one attached hydrogen (secondary N) is 1. The van der Waals surface area contributed by atoms with E-state index in [4.69, 9.17) is 4.42 Å². The Balaban J connectivity index is 1.68. The van der Waals surface area contributed by atoms with E-state index in [0.717, 1.165) is 42.6 Å². The average Bonchev–Trinajstić information content (AvgIpc) is 2.96. The number of nitrogens with zero attached hydrogens (tertiary/aromatic N) is 1. The third-order valence-corrected chi connectivity index (χ3v) is 4.37. The highest BCUT2D eigenvalue weighted by molar-refractivity contribution is 7.88. The van der Waals surface area contributed by atoms with Gasteiger partial charge in [-0.1, -0.05) is 18.2 Å². The first-order valence-electron chi connectivity index (χ1n) is 6.66. The lowest BCUT2D eigenvalue weighted by Gasteiger charge is -2.15. The van der Waals surface area contributed by atoms with E-state index in [0.29, 0.717) is 0 Å². The molecule has 0 saturated carbocycles. The van der Waals surface area contributed by atoms with Crippen LogP contribution in [-0.4, -0.2) is 38.7 Å². The second kappa shape index (κ2) is 5.20. The van der Waals surface area contributed by atoms with Crippen LogP contribution in [0.3, 0.4) is 0 Å². The Kier molecular flexibility index (Phi) is 3.54. The molecule has 5 nitrogen and oxygen atoms in total. The van der Waals surface area contributed by atoms with Gasteiger partial charge in [0.15, 0.2) is 0 Å². The highest BCUT2D eigenvalue weighted by Crippen LogP contribution is 2.23. The number of furan rings is 1.